The maximum atomic E-state index is 8.75. The SMILES string of the molecule is Cc1nsc(C)c1CO. The predicted octanol–water partition coefficient (Wildman–Crippen LogP) is 1.25. The highest BCUT2D eigenvalue weighted by molar-refractivity contribution is 7.05. The lowest BCUT2D eigenvalue weighted by molar-refractivity contribution is 0.280. The lowest BCUT2D eigenvalue weighted by atomic mass is 10.2. The molecule has 0 saturated heterocycles. The van der Waals surface area contributed by atoms with Crippen LogP contribution in [0.5, 0.6) is 0 Å². The van der Waals surface area contributed by atoms with Crippen LogP contribution in [0.2, 0.25) is 0 Å². The fourth-order valence-electron chi connectivity index (χ4n) is 0.728. The Labute approximate surface area is 58.3 Å². The Bertz CT molecular complexity index is 187. The third-order valence-corrected chi connectivity index (χ3v) is 2.22. The quantitative estimate of drug-likeness (QED) is 0.642. The molecule has 0 bridgehead atoms. The number of hydrogen-bond donors (Lipinski definition) is 1. The predicted molar refractivity (Wildman–Crippen MR) is 37.5 cm³/mol. The van der Waals surface area contributed by atoms with E-state index in [4.69, 9.17) is 5.11 Å². The Morgan fingerprint density at radius 2 is 2.22 bits per heavy atom. The van der Waals surface area contributed by atoms with Gasteiger partial charge in [-0.05, 0) is 25.4 Å². The second kappa shape index (κ2) is 2.45. The molecule has 50 valence electrons. The van der Waals surface area contributed by atoms with Crippen molar-refractivity contribution >= 4 is 11.5 Å². The summed E-state index contributed by atoms with van der Waals surface area (Å²) in [5.41, 5.74) is 1.94. The van der Waals surface area contributed by atoms with Gasteiger partial charge >= 0.3 is 0 Å². The van der Waals surface area contributed by atoms with E-state index in [0.717, 1.165) is 16.1 Å². The summed E-state index contributed by atoms with van der Waals surface area (Å²) in [7, 11) is 0. The molecular weight excluding hydrogens is 134 g/mol. The van der Waals surface area contributed by atoms with E-state index in [0.29, 0.717) is 0 Å². The molecular formula is C6H9NOS. The second-order valence-electron chi connectivity index (χ2n) is 1.96. The fraction of sp³-hybridized carbons (Fsp3) is 0.500. The summed E-state index contributed by atoms with van der Waals surface area (Å²) >= 11 is 1.45. The van der Waals surface area contributed by atoms with Crippen LogP contribution in [0, 0.1) is 13.8 Å². The number of hydrogen-bond acceptors (Lipinski definition) is 3. The maximum absolute atomic E-state index is 8.75. The molecule has 1 aromatic heterocycles. The van der Waals surface area contributed by atoms with Gasteiger partial charge in [-0.25, -0.2) is 0 Å². The first-order valence-electron chi connectivity index (χ1n) is 2.78. The molecule has 3 heteroatoms. The zero-order valence-electron chi connectivity index (χ0n) is 5.51. The normalized spacial score (nSPS) is 10.1. The number of nitrogens with zero attached hydrogens (tertiary/aromatic N) is 1. The molecule has 0 amide bonds. The minimum absolute atomic E-state index is 0.119. The van der Waals surface area contributed by atoms with Gasteiger partial charge in [-0.2, -0.15) is 4.37 Å². The highest BCUT2D eigenvalue weighted by Crippen LogP contribution is 2.15. The number of aryl methyl sites for hydroxylation is 2. The van der Waals surface area contributed by atoms with Gasteiger partial charge in [0.05, 0.1) is 12.3 Å². The van der Waals surface area contributed by atoms with Gasteiger partial charge in [0, 0.05) is 10.4 Å². The molecule has 2 nitrogen and oxygen atoms in total. The maximum Gasteiger partial charge on any atom is 0.0711 e. The standard InChI is InChI=1S/C6H9NOS/c1-4-6(3-8)5(2)9-7-4/h8H,3H2,1-2H3. The lowest BCUT2D eigenvalue weighted by Crippen LogP contribution is -1.84. The van der Waals surface area contributed by atoms with E-state index in [1.165, 1.54) is 11.5 Å². The van der Waals surface area contributed by atoms with Crippen LogP contribution in [0.3, 0.4) is 0 Å². The Morgan fingerprint density at radius 3 is 2.44 bits per heavy atom. The van der Waals surface area contributed by atoms with Crippen molar-refractivity contribution in [3.8, 4) is 0 Å². The van der Waals surface area contributed by atoms with Crippen molar-refractivity contribution in [3.05, 3.63) is 16.1 Å². The molecule has 1 aromatic rings. The number of aliphatic hydroxyl groups is 1. The minimum atomic E-state index is 0.119. The topological polar surface area (TPSA) is 33.1 Å². The van der Waals surface area contributed by atoms with Gasteiger partial charge in [0.25, 0.3) is 0 Å². The zero-order chi connectivity index (χ0) is 6.85. The molecule has 9 heavy (non-hydrogen) atoms. The molecule has 1 N–H and O–H groups in total. The van der Waals surface area contributed by atoms with E-state index in [-0.39, 0.29) is 6.61 Å². The van der Waals surface area contributed by atoms with Gasteiger partial charge in [-0.3, -0.25) is 0 Å². The summed E-state index contributed by atoms with van der Waals surface area (Å²) in [6.45, 7) is 4.00. The van der Waals surface area contributed by atoms with E-state index >= 15 is 0 Å². The van der Waals surface area contributed by atoms with Crippen molar-refractivity contribution in [2.45, 2.75) is 20.5 Å². The van der Waals surface area contributed by atoms with E-state index in [1.807, 2.05) is 13.8 Å². The summed E-state index contributed by atoms with van der Waals surface area (Å²) < 4.78 is 4.07. The van der Waals surface area contributed by atoms with Gasteiger partial charge in [-0.15, -0.1) is 0 Å². The van der Waals surface area contributed by atoms with Crippen LogP contribution in [-0.4, -0.2) is 9.48 Å². The largest absolute Gasteiger partial charge is 0.392 e. The van der Waals surface area contributed by atoms with Crippen molar-refractivity contribution in [1.82, 2.24) is 4.37 Å². The molecule has 0 radical (unpaired) electrons. The summed E-state index contributed by atoms with van der Waals surface area (Å²) in [5.74, 6) is 0. The van der Waals surface area contributed by atoms with Gasteiger partial charge in [-0.1, -0.05) is 0 Å². The average molecular weight is 143 g/mol. The minimum Gasteiger partial charge on any atom is -0.392 e. The van der Waals surface area contributed by atoms with Crippen molar-refractivity contribution in [1.29, 1.82) is 0 Å². The number of rotatable bonds is 1. The molecule has 0 atom stereocenters. The van der Waals surface area contributed by atoms with Crippen LogP contribution in [-0.2, 0) is 6.61 Å². The molecule has 0 fully saturated rings. The first-order valence-corrected chi connectivity index (χ1v) is 3.55. The summed E-state index contributed by atoms with van der Waals surface area (Å²) in [5, 5.41) is 8.75. The summed E-state index contributed by atoms with van der Waals surface area (Å²) in [4.78, 5) is 1.12. The van der Waals surface area contributed by atoms with Crippen molar-refractivity contribution in [3.63, 3.8) is 0 Å². The van der Waals surface area contributed by atoms with Gasteiger partial charge < -0.3 is 5.11 Å². The Hall–Kier alpha value is -0.410. The van der Waals surface area contributed by atoms with E-state index in [1.54, 1.807) is 0 Å². The molecule has 0 aliphatic rings. The van der Waals surface area contributed by atoms with Crippen LogP contribution in [0.15, 0.2) is 0 Å². The third-order valence-electron chi connectivity index (χ3n) is 1.34. The zero-order valence-corrected chi connectivity index (χ0v) is 6.33. The first-order chi connectivity index (χ1) is 4.25. The Kier molecular flexibility index (Phi) is 1.83. The van der Waals surface area contributed by atoms with Gasteiger partial charge in [0.15, 0.2) is 0 Å². The van der Waals surface area contributed by atoms with Crippen molar-refractivity contribution < 1.29 is 5.11 Å². The van der Waals surface area contributed by atoms with Crippen LogP contribution < -0.4 is 0 Å². The third kappa shape index (κ3) is 1.11. The fourth-order valence-corrected chi connectivity index (χ4v) is 1.43. The first kappa shape index (κ1) is 6.71. The molecule has 0 spiro atoms. The highest BCUT2D eigenvalue weighted by Gasteiger charge is 2.02. The van der Waals surface area contributed by atoms with Crippen molar-refractivity contribution in [2.24, 2.45) is 0 Å². The highest BCUT2D eigenvalue weighted by atomic mass is 32.1. The molecule has 0 aliphatic heterocycles. The summed E-state index contributed by atoms with van der Waals surface area (Å²) in [6, 6.07) is 0. The van der Waals surface area contributed by atoms with Crippen LogP contribution in [0.4, 0.5) is 0 Å². The smallest absolute Gasteiger partial charge is 0.0711 e. The van der Waals surface area contributed by atoms with E-state index in [2.05, 4.69) is 4.37 Å². The van der Waals surface area contributed by atoms with Crippen LogP contribution in [0.1, 0.15) is 16.1 Å². The molecule has 0 unspecified atom stereocenters. The molecule has 0 aromatic carbocycles. The van der Waals surface area contributed by atoms with Crippen molar-refractivity contribution in [2.75, 3.05) is 0 Å². The van der Waals surface area contributed by atoms with Gasteiger partial charge in [0.2, 0.25) is 0 Å². The van der Waals surface area contributed by atoms with Crippen LogP contribution >= 0.6 is 11.5 Å². The molecule has 0 saturated carbocycles. The Balaban J connectivity index is 3.07. The lowest BCUT2D eigenvalue weighted by Gasteiger charge is -1.90. The molecule has 1 rings (SSSR count). The monoisotopic (exact) mass is 143 g/mol. The van der Waals surface area contributed by atoms with Crippen LogP contribution in [0.25, 0.3) is 0 Å². The van der Waals surface area contributed by atoms with E-state index < -0.39 is 0 Å². The number of aliphatic hydroxyl groups excluding tert-OH is 1. The number of aromatic nitrogens is 1. The van der Waals surface area contributed by atoms with Gasteiger partial charge in [0.1, 0.15) is 0 Å². The molecule has 0 aliphatic carbocycles. The average Bonchev–Trinajstić information content (AvgIpc) is 2.12. The second-order valence-corrected chi connectivity index (χ2v) is 2.94. The van der Waals surface area contributed by atoms with E-state index in [9.17, 15) is 0 Å². The molecule has 1 heterocycles. The summed E-state index contributed by atoms with van der Waals surface area (Å²) in [6.07, 6.45) is 0. The Morgan fingerprint density at radius 1 is 1.56 bits per heavy atom.